The second-order valence-electron chi connectivity index (χ2n) is 3.49. The zero-order valence-corrected chi connectivity index (χ0v) is 9.47. The van der Waals surface area contributed by atoms with Crippen molar-refractivity contribution in [3.05, 3.63) is 29.8 Å². The summed E-state index contributed by atoms with van der Waals surface area (Å²) in [7, 11) is -3.04. The minimum absolute atomic E-state index is 0.257. The van der Waals surface area contributed by atoms with Gasteiger partial charge in [0.2, 0.25) is 0 Å². The number of rotatable bonds is 4. The summed E-state index contributed by atoms with van der Waals surface area (Å²) < 4.78 is 23.4. The highest BCUT2D eigenvalue weighted by Crippen LogP contribution is 2.13. The maximum atomic E-state index is 11.7. The molecule has 2 nitrogen and oxygen atoms in total. The second-order valence-corrected chi connectivity index (χ2v) is 5.59. The molecule has 0 unspecified atom stereocenters. The Morgan fingerprint density at radius 3 is 2.21 bits per heavy atom. The van der Waals surface area contributed by atoms with E-state index in [1.54, 1.807) is 12.1 Å². The van der Waals surface area contributed by atoms with Gasteiger partial charge in [-0.1, -0.05) is 31.0 Å². The summed E-state index contributed by atoms with van der Waals surface area (Å²) in [5.74, 6) is 0.257. The summed E-state index contributed by atoms with van der Waals surface area (Å²) in [4.78, 5) is 0.441. The van der Waals surface area contributed by atoms with Gasteiger partial charge >= 0.3 is 0 Å². The molecule has 0 radical (unpaired) electrons. The Morgan fingerprint density at radius 1 is 1.14 bits per heavy atom. The first-order valence-corrected chi connectivity index (χ1v) is 6.51. The molecule has 0 amide bonds. The molecule has 1 rings (SSSR count). The number of aryl methyl sites for hydroxylation is 1. The van der Waals surface area contributed by atoms with Crippen LogP contribution in [-0.4, -0.2) is 14.2 Å². The molecule has 0 fully saturated rings. The van der Waals surface area contributed by atoms with E-state index in [4.69, 9.17) is 0 Å². The van der Waals surface area contributed by atoms with Gasteiger partial charge in [-0.2, -0.15) is 0 Å². The first kappa shape index (κ1) is 11.2. The average molecular weight is 212 g/mol. The van der Waals surface area contributed by atoms with E-state index in [2.05, 4.69) is 0 Å². The zero-order valence-electron chi connectivity index (χ0n) is 8.66. The van der Waals surface area contributed by atoms with Crippen LogP contribution in [0.2, 0.25) is 0 Å². The average Bonchev–Trinajstić information content (AvgIpc) is 2.16. The quantitative estimate of drug-likeness (QED) is 0.768. The SMILES string of the molecule is CCCCS(=O)(=O)c1ccc(C)cc1. The number of benzene rings is 1. The number of hydrogen-bond acceptors (Lipinski definition) is 2. The van der Waals surface area contributed by atoms with Crippen molar-refractivity contribution in [2.75, 3.05) is 5.75 Å². The molecular formula is C11H16O2S. The van der Waals surface area contributed by atoms with Crippen molar-refractivity contribution in [2.45, 2.75) is 31.6 Å². The van der Waals surface area contributed by atoms with Crippen molar-refractivity contribution < 1.29 is 8.42 Å². The third kappa shape index (κ3) is 2.84. The van der Waals surface area contributed by atoms with Gasteiger partial charge in [0.25, 0.3) is 0 Å². The summed E-state index contributed by atoms with van der Waals surface area (Å²) in [5, 5.41) is 0. The highest BCUT2D eigenvalue weighted by molar-refractivity contribution is 7.91. The first-order valence-electron chi connectivity index (χ1n) is 4.85. The molecule has 0 aliphatic rings. The van der Waals surface area contributed by atoms with E-state index in [0.29, 0.717) is 4.90 Å². The molecule has 1 aromatic carbocycles. The van der Waals surface area contributed by atoms with Gasteiger partial charge in [0.1, 0.15) is 0 Å². The fourth-order valence-corrected chi connectivity index (χ4v) is 2.65. The molecule has 0 bridgehead atoms. The van der Waals surface area contributed by atoms with E-state index in [-0.39, 0.29) is 5.75 Å². The largest absolute Gasteiger partial charge is 0.224 e. The third-order valence-electron chi connectivity index (χ3n) is 2.15. The molecule has 0 atom stereocenters. The van der Waals surface area contributed by atoms with E-state index in [1.165, 1.54) is 0 Å². The van der Waals surface area contributed by atoms with E-state index in [9.17, 15) is 8.42 Å². The predicted molar refractivity (Wildman–Crippen MR) is 58.1 cm³/mol. The Bertz CT molecular complexity index is 376. The first-order chi connectivity index (χ1) is 6.56. The second kappa shape index (κ2) is 4.60. The monoisotopic (exact) mass is 212 g/mol. The molecule has 0 saturated carbocycles. The number of sulfone groups is 1. The normalized spacial score (nSPS) is 11.6. The van der Waals surface area contributed by atoms with Crippen LogP contribution in [-0.2, 0) is 9.84 Å². The molecule has 78 valence electrons. The van der Waals surface area contributed by atoms with Crippen LogP contribution in [0.4, 0.5) is 0 Å². The van der Waals surface area contributed by atoms with Gasteiger partial charge in [0.15, 0.2) is 9.84 Å². The smallest absolute Gasteiger partial charge is 0.178 e. The Morgan fingerprint density at radius 2 is 1.71 bits per heavy atom. The Hall–Kier alpha value is -0.830. The van der Waals surface area contributed by atoms with Gasteiger partial charge in [-0.15, -0.1) is 0 Å². The van der Waals surface area contributed by atoms with E-state index >= 15 is 0 Å². The third-order valence-corrected chi connectivity index (χ3v) is 3.96. The standard InChI is InChI=1S/C11H16O2S/c1-3-4-9-14(12,13)11-7-5-10(2)6-8-11/h5-8H,3-4,9H2,1-2H3. The summed E-state index contributed by atoms with van der Waals surface area (Å²) >= 11 is 0. The lowest BCUT2D eigenvalue weighted by Crippen LogP contribution is -2.06. The zero-order chi connectivity index (χ0) is 10.6. The summed E-state index contributed by atoms with van der Waals surface area (Å²) in [6.45, 7) is 3.94. The molecule has 0 saturated heterocycles. The fraction of sp³-hybridized carbons (Fsp3) is 0.455. The van der Waals surface area contributed by atoms with Crippen LogP contribution < -0.4 is 0 Å². The molecule has 1 aromatic rings. The van der Waals surface area contributed by atoms with E-state index in [0.717, 1.165) is 18.4 Å². The molecule has 0 spiro atoms. The molecule has 0 aliphatic heterocycles. The van der Waals surface area contributed by atoms with Crippen LogP contribution in [0.1, 0.15) is 25.3 Å². The fourth-order valence-electron chi connectivity index (χ4n) is 1.20. The van der Waals surface area contributed by atoms with Gasteiger partial charge in [-0.25, -0.2) is 8.42 Å². The minimum atomic E-state index is -3.04. The van der Waals surface area contributed by atoms with Crippen LogP contribution in [0.3, 0.4) is 0 Å². The van der Waals surface area contributed by atoms with Crippen LogP contribution in [0.15, 0.2) is 29.2 Å². The summed E-state index contributed by atoms with van der Waals surface area (Å²) in [6.07, 6.45) is 1.64. The van der Waals surface area contributed by atoms with Crippen LogP contribution >= 0.6 is 0 Å². The number of unbranched alkanes of at least 4 members (excludes halogenated alkanes) is 1. The lowest BCUT2D eigenvalue weighted by molar-refractivity contribution is 0.592. The van der Waals surface area contributed by atoms with Crippen LogP contribution in [0.5, 0.6) is 0 Å². The van der Waals surface area contributed by atoms with Crippen LogP contribution in [0.25, 0.3) is 0 Å². The van der Waals surface area contributed by atoms with Gasteiger partial charge in [-0.3, -0.25) is 0 Å². The van der Waals surface area contributed by atoms with Crippen molar-refractivity contribution in [1.82, 2.24) is 0 Å². The molecule has 0 aliphatic carbocycles. The highest BCUT2D eigenvalue weighted by atomic mass is 32.2. The molecule has 3 heteroatoms. The van der Waals surface area contributed by atoms with Gasteiger partial charge in [0.05, 0.1) is 10.6 Å². The number of hydrogen-bond donors (Lipinski definition) is 0. The van der Waals surface area contributed by atoms with Crippen molar-refractivity contribution >= 4 is 9.84 Å². The van der Waals surface area contributed by atoms with Gasteiger partial charge in [-0.05, 0) is 25.5 Å². The molecule has 0 aromatic heterocycles. The lowest BCUT2D eigenvalue weighted by atomic mass is 10.2. The summed E-state index contributed by atoms with van der Waals surface area (Å²) in [5.41, 5.74) is 1.08. The lowest BCUT2D eigenvalue weighted by Gasteiger charge is -2.03. The van der Waals surface area contributed by atoms with Crippen molar-refractivity contribution in [1.29, 1.82) is 0 Å². The van der Waals surface area contributed by atoms with Crippen molar-refractivity contribution in [3.8, 4) is 0 Å². The van der Waals surface area contributed by atoms with Crippen molar-refractivity contribution in [3.63, 3.8) is 0 Å². The maximum absolute atomic E-state index is 11.7. The Kier molecular flexibility index (Phi) is 3.69. The van der Waals surface area contributed by atoms with Gasteiger partial charge in [0, 0.05) is 0 Å². The highest BCUT2D eigenvalue weighted by Gasteiger charge is 2.12. The van der Waals surface area contributed by atoms with E-state index in [1.807, 2.05) is 26.0 Å². The topological polar surface area (TPSA) is 34.1 Å². The molecule has 14 heavy (non-hydrogen) atoms. The van der Waals surface area contributed by atoms with Crippen molar-refractivity contribution in [2.24, 2.45) is 0 Å². The van der Waals surface area contributed by atoms with Gasteiger partial charge < -0.3 is 0 Å². The molecule has 0 heterocycles. The summed E-state index contributed by atoms with van der Waals surface area (Å²) in [6, 6.07) is 7.03. The maximum Gasteiger partial charge on any atom is 0.178 e. The minimum Gasteiger partial charge on any atom is -0.224 e. The molecular weight excluding hydrogens is 196 g/mol. The Balaban J connectivity index is 2.87. The predicted octanol–water partition coefficient (Wildman–Crippen LogP) is 2.57. The van der Waals surface area contributed by atoms with Crippen LogP contribution in [0, 0.1) is 6.92 Å². The Labute approximate surface area is 85.9 Å². The van der Waals surface area contributed by atoms with E-state index < -0.39 is 9.84 Å². The molecule has 0 N–H and O–H groups in total.